The van der Waals surface area contributed by atoms with Gasteiger partial charge in [0.2, 0.25) is 0 Å². The highest BCUT2D eigenvalue weighted by molar-refractivity contribution is 7.33. The summed E-state index contributed by atoms with van der Waals surface area (Å²) in [5, 5.41) is 1.33. The van der Waals surface area contributed by atoms with Gasteiger partial charge in [0, 0.05) is 43.2 Å². The highest BCUT2D eigenvalue weighted by Gasteiger charge is 2.47. The Kier molecular flexibility index (Phi) is 10.1. The molecule has 7 aromatic carbocycles. The molecule has 0 N–H and O–H groups in total. The van der Waals surface area contributed by atoms with E-state index in [2.05, 4.69) is 245 Å². The molecular formula is C64H67BN2S. The molecule has 0 saturated carbocycles. The maximum Gasteiger partial charge on any atom is 0.264 e. The van der Waals surface area contributed by atoms with E-state index in [4.69, 9.17) is 0 Å². The highest BCUT2D eigenvalue weighted by Crippen LogP contribution is 2.54. The maximum absolute atomic E-state index is 2.70. The van der Waals surface area contributed by atoms with Crippen molar-refractivity contribution in [2.45, 2.75) is 130 Å². The van der Waals surface area contributed by atoms with Gasteiger partial charge in [-0.3, -0.25) is 0 Å². The maximum atomic E-state index is 2.70. The average Bonchev–Trinajstić information content (AvgIpc) is 3.68. The molecule has 11 rings (SSSR count). The van der Waals surface area contributed by atoms with Crippen LogP contribution in [0.15, 0.2) is 146 Å². The fourth-order valence-corrected chi connectivity index (χ4v) is 12.8. The molecule has 0 saturated heterocycles. The molecule has 0 radical (unpaired) electrons. The van der Waals surface area contributed by atoms with E-state index in [1.807, 2.05) is 11.3 Å². The van der Waals surface area contributed by atoms with Crippen LogP contribution >= 0.6 is 11.3 Å². The Morgan fingerprint density at radius 1 is 0.471 bits per heavy atom. The molecule has 342 valence electrons. The summed E-state index contributed by atoms with van der Waals surface area (Å²) in [6.07, 6.45) is 2.32. The molecule has 1 aromatic heterocycles. The summed E-state index contributed by atoms with van der Waals surface area (Å²) in [5.41, 5.74) is 22.3. The van der Waals surface area contributed by atoms with Gasteiger partial charge in [0.05, 0.1) is 11.4 Å². The fourth-order valence-electron chi connectivity index (χ4n) is 11.5. The SMILES string of the molecule is CC(C)(C)c1ccc(N2c3cc(-c4ccccc4)cc4c3B(c3cc(C(C)(C)C)ccc3N4c3cc4c(cc3-c3ccccc3)C(C)(C)CCC4(C)C)c3sc4ccc(C(C)(C)C)cc4c32)cc1. The van der Waals surface area contributed by atoms with Crippen molar-refractivity contribution in [2.24, 2.45) is 0 Å². The third-order valence-corrected chi connectivity index (χ3v) is 17.0. The number of benzene rings is 7. The van der Waals surface area contributed by atoms with Gasteiger partial charge in [-0.05, 0) is 150 Å². The smallest absolute Gasteiger partial charge is 0.264 e. The molecular weight excluding hydrogens is 840 g/mol. The summed E-state index contributed by atoms with van der Waals surface area (Å²) in [5.74, 6) is 0. The van der Waals surface area contributed by atoms with Crippen molar-refractivity contribution in [1.29, 1.82) is 0 Å². The average molecular weight is 907 g/mol. The third-order valence-electron chi connectivity index (χ3n) is 15.8. The van der Waals surface area contributed by atoms with E-state index in [1.165, 1.54) is 116 Å². The predicted octanol–water partition coefficient (Wildman–Crippen LogP) is 16.6. The minimum absolute atomic E-state index is 0.00289. The van der Waals surface area contributed by atoms with Crippen LogP contribution in [0.5, 0.6) is 0 Å². The van der Waals surface area contributed by atoms with Crippen LogP contribution in [0.2, 0.25) is 0 Å². The molecule has 3 heterocycles. The Morgan fingerprint density at radius 2 is 1.00 bits per heavy atom. The van der Waals surface area contributed by atoms with Crippen LogP contribution in [0.3, 0.4) is 0 Å². The summed E-state index contributed by atoms with van der Waals surface area (Å²) in [6, 6.07) is 56.8. The lowest BCUT2D eigenvalue weighted by molar-refractivity contribution is 0.332. The van der Waals surface area contributed by atoms with Crippen molar-refractivity contribution in [2.75, 3.05) is 9.80 Å². The molecule has 3 aliphatic rings. The molecule has 2 nitrogen and oxygen atoms in total. The monoisotopic (exact) mass is 907 g/mol. The Balaban J connectivity index is 1.31. The van der Waals surface area contributed by atoms with Crippen LogP contribution in [0.25, 0.3) is 32.3 Å². The van der Waals surface area contributed by atoms with Crippen molar-refractivity contribution in [1.82, 2.24) is 0 Å². The second-order valence-electron chi connectivity index (χ2n) is 24.5. The molecule has 0 spiro atoms. The molecule has 0 unspecified atom stereocenters. The fraction of sp³-hybridized carbons (Fsp3) is 0.312. The van der Waals surface area contributed by atoms with Crippen LogP contribution in [-0.2, 0) is 27.1 Å². The second-order valence-corrected chi connectivity index (χ2v) is 25.6. The quantitative estimate of drug-likeness (QED) is 0.162. The van der Waals surface area contributed by atoms with Crippen LogP contribution in [0.1, 0.15) is 131 Å². The van der Waals surface area contributed by atoms with Gasteiger partial charge in [-0.15, -0.1) is 11.3 Å². The molecule has 8 aromatic rings. The van der Waals surface area contributed by atoms with Gasteiger partial charge < -0.3 is 9.80 Å². The number of hydrogen-bond acceptors (Lipinski definition) is 3. The number of thiophene rings is 1. The Labute approximate surface area is 411 Å². The number of rotatable bonds is 4. The summed E-state index contributed by atoms with van der Waals surface area (Å²) in [4.78, 5) is 5.35. The van der Waals surface area contributed by atoms with Crippen molar-refractivity contribution in [3.63, 3.8) is 0 Å². The first-order valence-corrected chi connectivity index (χ1v) is 25.8. The molecule has 0 amide bonds. The molecule has 4 heteroatoms. The molecule has 68 heavy (non-hydrogen) atoms. The summed E-state index contributed by atoms with van der Waals surface area (Å²) in [6.45, 7) is 30.9. The topological polar surface area (TPSA) is 6.48 Å². The Morgan fingerprint density at radius 3 is 1.60 bits per heavy atom. The lowest BCUT2D eigenvalue weighted by atomic mass is 9.36. The van der Waals surface area contributed by atoms with Crippen LogP contribution in [-0.4, -0.2) is 6.71 Å². The predicted molar refractivity (Wildman–Crippen MR) is 298 cm³/mol. The van der Waals surface area contributed by atoms with E-state index in [0.717, 1.165) is 6.42 Å². The van der Waals surface area contributed by atoms with E-state index < -0.39 is 0 Å². The number of anilines is 6. The van der Waals surface area contributed by atoms with Crippen LogP contribution in [0, 0.1) is 0 Å². The minimum Gasteiger partial charge on any atom is -0.311 e. The van der Waals surface area contributed by atoms with Crippen molar-refractivity contribution in [3.05, 3.63) is 173 Å². The van der Waals surface area contributed by atoms with Gasteiger partial charge in [-0.1, -0.05) is 181 Å². The molecule has 0 atom stereocenters. The third kappa shape index (κ3) is 7.19. The van der Waals surface area contributed by atoms with E-state index in [9.17, 15) is 0 Å². The van der Waals surface area contributed by atoms with Gasteiger partial charge in [-0.2, -0.15) is 0 Å². The molecule has 1 aliphatic carbocycles. The largest absolute Gasteiger partial charge is 0.311 e. The first-order chi connectivity index (χ1) is 32.1. The lowest BCUT2D eigenvalue weighted by Crippen LogP contribution is -2.60. The van der Waals surface area contributed by atoms with Gasteiger partial charge in [0.1, 0.15) is 0 Å². The molecule has 0 bridgehead atoms. The van der Waals surface area contributed by atoms with Gasteiger partial charge in [0.15, 0.2) is 0 Å². The summed E-state index contributed by atoms with van der Waals surface area (Å²) in [7, 11) is 0. The summed E-state index contributed by atoms with van der Waals surface area (Å²) >= 11 is 2.00. The molecule has 2 aliphatic heterocycles. The zero-order valence-corrected chi connectivity index (χ0v) is 43.5. The van der Waals surface area contributed by atoms with Crippen molar-refractivity contribution >= 4 is 78.0 Å². The van der Waals surface area contributed by atoms with Gasteiger partial charge in [-0.25, -0.2) is 0 Å². The van der Waals surface area contributed by atoms with Gasteiger partial charge in [0.25, 0.3) is 6.71 Å². The van der Waals surface area contributed by atoms with E-state index in [-0.39, 0.29) is 33.8 Å². The van der Waals surface area contributed by atoms with Crippen LogP contribution < -0.4 is 25.5 Å². The van der Waals surface area contributed by atoms with Gasteiger partial charge >= 0.3 is 0 Å². The first-order valence-electron chi connectivity index (χ1n) is 25.0. The standard InChI is InChI=1S/C64H67BN2S/c1-60(2,3)43-24-28-46(29-25-43)66-54-34-42(40-20-16-14-17-21-40)35-55-57(54)65(59-58(66)48-36-44(61(4,5)6)27-31-56(48)68-59)51-37-45(62(7,8)9)26-30-52(51)67(55)53-39-50-49(63(10,11)32-33-64(50,12)13)38-47(53)41-22-18-15-19-23-41/h14-31,34-39H,32-33H2,1-13H3. The van der Waals surface area contributed by atoms with E-state index >= 15 is 0 Å². The number of hydrogen-bond donors (Lipinski definition) is 0. The van der Waals surface area contributed by atoms with Crippen molar-refractivity contribution < 1.29 is 0 Å². The molecule has 0 fully saturated rings. The number of nitrogens with zero attached hydrogens (tertiary/aromatic N) is 2. The normalized spacial score (nSPS) is 16.0. The Hall–Kier alpha value is -5.84. The second kappa shape index (κ2) is 15.3. The first kappa shape index (κ1) is 44.7. The minimum atomic E-state index is -0.0448. The summed E-state index contributed by atoms with van der Waals surface area (Å²) < 4.78 is 2.74. The zero-order valence-electron chi connectivity index (χ0n) is 42.7. The number of fused-ring (bicyclic) bond motifs is 7. The lowest BCUT2D eigenvalue weighted by Gasteiger charge is -2.46. The highest BCUT2D eigenvalue weighted by atomic mass is 32.1. The van der Waals surface area contributed by atoms with E-state index in [1.54, 1.807) is 0 Å². The van der Waals surface area contributed by atoms with Crippen LogP contribution in [0.4, 0.5) is 34.1 Å². The van der Waals surface area contributed by atoms with Crippen molar-refractivity contribution in [3.8, 4) is 22.3 Å². The van der Waals surface area contributed by atoms with E-state index in [0.29, 0.717) is 0 Å². The zero-order chi connectivity index (χ0) is 47.9. The Bertz CT molecular complexity index is 3280.